The number of rotatable bonds is 3. The van der Waals surface area contributed by atoms with E-state index in [1.54, 1.807) is 4.90 Å². The van der Waals surface area contributed by atoms with Gasteiger partial charge in [0.05, 0.1) is 29.7 Å². The van der Waals surface area contributed by atoms with Crippen LogP contribution in [0, 0.1) is 11.8 Å². The molecule has 1 saturated carbocycles. The maximum atomic E-state index is 13.5. The maximum absolute atomic E-state index is 13.5. The molecule has 0 bridgehead atoms. The smallest absolute Gasteiger partial charge is 0.390 e. The van der Waals surface area contributed by atoms with Crippen LogP contribution in [0.5, 0.6) is 0 Å². The molecule has 12 heteroatoms. The number of nitrogens with two attached hydrogens (primary N) is 1. The summed E-state index contributed by atoms with van der Waals surface area (Å²) in [6, 6.07) is 2.98. The lowest BCUT2D eigenvalue weighted by Crippen LogP contribution is -2.61. The van der Waals surface area contributed by atoms with Gasteiger partial charge in [-0.15, -0.1) is 0 Å². The molecule has 1 aromatic rings. The van der Waals surface area contributed by atoms with Crippen molar-refractivity contribution in [3.8, 4) is 0 Å². The standard InChI is InChI=1S/C21H25F3N4O4S/c22-21(23,24)11-2-1-3-12(8-11)28-16-13(9-14(29)17(30)15(16)26-20(28)33)19(32)27-6-4-10(5-7-27)18(25)31/h1-3,8,10,13-17,29-30H,4-7,9H2,(H2,25,31)(H,26,33)/t13-,14-,15-,16-,17+/m1/s1. The highest BCUT2D eigenvalue weighted by Crippen LogP contribution is 2.39. The molecule has 5 N–H and O–H groups in total. The molecule has 0 spiro atoms. The van der Waals surface area contributed by atoms with Gasteiger partial charge in [-0.1, -0.05) is 6.07 Å². The minimum Gasteiger partial charge on any atom is -0.390 e. The molecule has 2 saturated heterocycles. The molecule has 0 radical (unpaired) electrons. The summed E-state index contributed by atoms with van der Waals surface area (Å²) in [6.07, 6.45) is -6.26. The molecule has 33 heavy (non-hydrogen) atoms. The minimum atomic E-state index is -4.56. The van der Waals surface area contributed by atoms with Gasteiger partial charge >= 0.3 is 6.18 Å². The molecule has 2 heterocycles. The Bertz CT molecular complexity index is 954. The summed E-state index contributed by atoms with van der Waals surface area (Å²) in [5.41, 5.74) is 4.64. The lowest BCUT2D eigenvalue weighted by atomic mass is 9.76. The number of carbonyl (C=O) groups is 2. The van der Waals surface area contributed by atoms with E-state index in [0.29, 0.717) is 25.9 Å². The number of thiocarbonyl (C=S) groups is 1. The summed E-state index contributed by atoms with van der Waals surface area (Å²) < 4.78 is 39.9. The predicted octanol–water partition coefficient (Wildman–Crippen LogP) is 0.603. The van der Waals surface area contributed by atoms with Crippen molar-refractivity contribution in [2.45, 2.75) is 49.7 Å². The van der Waals surface area contributed by atoms with Gasteiger partial charge in [0, 0.05) is 24.7 Å². The van der Waals surface area contributed by atoms with Crippen molar-refractivity contribution in [1.82, 2.24) is 10.2 Å². The number of fused-ring (bicyclic) bond motifs is 1. The maximum Gasteiger partial charge on any atom is 0.416 e. The van der Waals surface area contributed by atoms with E-state index in [0.717, 1.165) is 12.1 Å². The van der Waals surface area contributed by atoms with Crippen molar-refractivity contribution >= 4 is 34.8 Å². The zero-order valence-electron chi connectivity index (χ0n) is 17.5. The van der Waals surface area contributed by atoms with Crippen molar-refractivity contribution in [1.29, 1.82) is 0 Å². The first kappa shape index (κ1) is 23.7. The van der Waals surface area contributed by atoms with Gasteiger partial charge in [-0.25, -0.2) is 0 Å². The highest BCUT2D eigenvalue weighted by atomic mass is 32.1. The van der Waals surface area contributed by atoms with Crippen LogP contribution in [0.25, 0.3) is 0 Å². The summed E-state index contributed by atoms with van der Waals surface area (Å²) in [6.45, 7) is 0.612. The Kier molecular flexibility index (Phi) is 6.27. The second-order valence-corrected chi connectivity index (χ2v) is 9.17. The number of piperidine rings is 1. The van der Waals surface area contributed by atoms with Crippen LogP contribution in [0.4, 0.5) is 18.9 Å². The first-order valence-corrected chi connectivity index (χ1v) is 11.1. The second-order valence-electron chi connectivity index (χ2n) is 8.79. The summed E-state index contributed by atoms with van der Waals surface area (Å²) >= 11 is 5.37. The van der Waals surface area contributed by atoms with Crippen LogP contribution in [-0.2, 0) is 15.8 Å². The molecule has 0 aromatic heterocycles. The Morgan fingerprint density at radius 2 is 1.85 bits per heavy atom. The average Bonchev–Trinajstić information content (AvgIpc) is 3.12. The molecular weight excluding hydrogens is 461 g/mol. The van der Waals surface area contributed by atoms with Gasteiger partial charge in [-0.3, -0.25) is 9.59 Å². The van der Waals surface area contributed by atoms with Crippen LogP contribution in [-0.4, -0.2) is 69.4 Å². The monoisotopic (exact) mass is 486 g/mol. The number of aliphatic hydroxyl groups excluding tert-OH is 2. The first-order chi connectivity index (χ1) is 15.5. The lowest BCUT2D eigenvalue weighted by molar-refractivity contribution is -0.144. The highest BCUT2D eigenvalue weighted by molar-refractivity contribution is 7.80. The highest BCUT2D eigenvalue weighted by Gasteiger charge is 2.55. The average molecular weight is 487 g/mol. The third-order valence-electron chi connectivity index (χ3n) is 6.82. The topological polar surface area (TPSA) is 119 Å². The fourth-order valence-corrected chi connectivity index (χ4v) is 5.44. The number of benzene rings is 1. The molecule has 1 aromatic carbocycles. The molecule has 2 amide bonds. The van der Waals surface area contributed by atoms with Crippen molar-refractivity contribution in [3.05, 3.63) is 29.8 Å². The Labute approximate surface area is 193 Å². The van der Waals surface area contributed by atoms with E-state index in [4.69, 9.17) is 18.0 Å². The number of amides is 2. The number of halogens is 3. The van der Waals surface area contributed by atoms with Gasteiger partial charge in [0.2, 0.25) is 11.8 Å². The molecule has 0 unspecified atom stereocenters. The SMILES string of the molecule is NC(=O)C1CCN(C(=O)[C@@H]2C[C@@H](O)[C@H](O)[C@@H]3NC(=S)N(c4cccc(C(F)(F)F)c4)[C@@H]32)CC1. The summed E-state index contributed by atoms with van der Waals surface area (Å²) in [5, 5.41) is 23.9. The number of carbonyl (C=O) groups excluding carboxylic acids is 2. The van der Waals surface area contributed by atoms with Gasteiger partial charge in [0.15, 0.2) is 5.11 Å². The quantitative estimate of drug-likeness (QED) is 0.462. The fourth-order valence-electron chi connectivity index (χ4n) is 5.08. The molecule has 180 valence electrons. The van der Waals surface area contributed by atoms with Crippen molar-refractivity contribution in [2.75, 3.05) is 18.0 Å². The summed E-state index contributed by atoms with van der Waals surface area (Å²) in [7, 11) is 0. The fraction of sp³-hybridized carbons (Fsp3) is 0.571. The molecule has 3 aliphatic rings. The molecule has 1 aliphatic carbocycles. The van der Waals surface area contributed by atoms with E-state index in [1.165, 1.54) is 17.0 Å². The minimum absolute atomic E-state index is 0.0720. The van der Waals surface area contributed by atoms with Gasteiger partial charge in [0.25, 0.3) is 0 Å². The number of primary amides is 1. The second kappa shape index (κ2) is 8.73. The number of nitrogens with zero attached hydrogens (tertiary/aromatic N) is 2. The third kappa shape index (κ3) is 4.38. The lowest BCUT2D eigenvalue weighted by Gasteiger charge is -2.44. The molecule has 2 aliphatic heterocycles. The van der Waals surface area contributed by atoms with E-state index >= 15 is 0 Å². The molecule has 5 atom stereocenters. The third-order valence-corrected chi connectivity index (χ3v) is 7.14. The van der Waals surface area contributed by atoms with Crippen molar-refractivity contribution in [2.24, 2.45) is 17.6 Å². The Morgan fingerprint density at radius 1 is 1.18 bits per heavy atom. The van der Waals surface area contributed by atoms with Crippen LogP contribution in [0.2, 0.25) is 0 Å². The number of likely N-dealkylation sites (tertiary alicyclic amines) is 1. The van der Waals surface area contributed by atoms with Crippen LogP contribution < -0.4 is 16.0 Å². The Morgan fingerprint density at radius 3 is 2.45 bits per heavy atom. The van der Waals surface area contributed by atoms with Gasteiger partial charge in [-0.05, 0) is 49.7 Å². The van der Waals surface area contributed by atoms with Gasteiger partial charge < -0.3 is 31.1 Å². The number of alkyl halides is 3. The van der Waals surface area contributed by atoms with Gasteiger partial charge in [-0.2, -0.15) is 13.2 Å². The Hall–Kier alpha value is -2.44. The largest absolute Gasteiger partial charge is 0.416 e. The van der Waals surface area contributed by atoms with Crippen molar-refractivity contribution < 1.29 is 33.0 Å². The van der Waals surface area contributed by atoms with E-state index in [2.05, 4.69) is 5.32 Å². The molecule has 4 rings (SSSR count). The number of anilines is 1. The van der Waals surface area contributed by atoms with Crippen LogP contribution in [0.3, 0.4) is 0 Å². The number of nitrogens with one attached hydrogen (secondary N) is 1. The number of hydrogen-bond acceptors (Lipinski definition) is 5. The van der Waals surface area contributed by atoms with Crippen LogP contribution in [0.15, 0.2) is 24.3 Å². The molecular formula is C21H25F3N4O4S. The zero-order chi connectivity index (χ0) is 24.1. The molecule has 8 nitrogen and oxygen atoms in total. The van der Waals surface area contributed by atoms with E-state index in [-0.39, 0.29) is 29.0 Å². The summed E-state index contributed by atoms with van der Waals surface area (Å²) in [5.74, 6) is -1.87. The normalized spacial score (nSPS) is 30.7. The van der Waals surface area contributed by atoms with Crippen molar-refractivity contribution in [3.63, 3.8) is 0 Å². The number of hydrogen-bond donors (Lipinski definition) is 4. The Balaban J connectivity index is 1.65. The summed E-state index contributed by atoms with van der Waals surface area (Å²) in [4.78, 5) is 27.9. The zero-order valence-corrected chi connectivity index (χ0v) is 18.4. The first-order valence-electron chi connectivity index (χ1n) is 10.7. The van der Waals surface area contributed by atoms with Crippen LogP contribution in [0.1, 0.15) is 24.8 Å². The van der Waals surface area contributed by atoms with E-state index in [9.17, 15) is 33.0 Å². The van der Waals surface area contributed by atoms with Crippen LogP contribution >= 0.6 is 12.2 Å². The van der Waals surface area contributed by atoms with E-state index < -0.39 is 47.9 Å². The number of aliphatic hydroxyl groups is 2. The molecule has 3 fully saturated rings. The van der Waals surface area contributed by atoms with E-state index in [1.807, 2.05) is 0 Å². The predicted molar refractivity (Wildman–Crippen MR) is 116 cm³/mol. The van der Waals surface area contributed by atoms with Gasteiger partial charge in [0.1, 0.15) is 6.10 Å².